The Labute approximate surface area is 141 Å². The second-order valence-corrected chi connectivity index (χ2v) is 6.56. The van der Waals surface area contributed by atoms with E-state index < -0.39 is 6.10 Å². The Kier molecular flexibility index (Phi) is 6.59. The van der Waals surface area contributed by atoms with Crippen molar-refractivity contribution in [1.82, 2.24) is 5.32 Å². The monoisotopic (exact) mass is 333 g/mol. The molecule has 0 aliphatic heterocycles. The quantitative estimate of drug-likeness (QED) is 0.748. The number of amides is 1. The molecule has 1 amide bonds. The van der Waals surface area contributed by atoms with Gasteiger partial charge in [0.05, 0.1) is 12.0 Å². The van der Waals surface area contributed by atoms with Gasteiger partial charge in [0.25, 0.3) is 5.91 Å². The third kappa shape index (κ3) is 5.67. The molecule has 1 heterocycles. The maximum atomic E-state index is 12.1. The van der Waals surface area contributed by atoms with Crippen LogP contribution in [0.15, 0.2) is 41.0 Å². The maximum absolute atomic E-state index is 12.1. The molecule has 1 aromatic carbocycles. The van der Waals surface area contributed by atoms with Crippen LogP contribution >= 0.6 is 11.8 Å². The summed E-state index contributed by atoms with van der Waals surface area (Å²) >= 11 is 1.72. The Hall–Kier alpha value is -1.88. The fraction of sp³-hybridized carbons (Fsp3) is 0.389. The van der Waals surface area contributed by atoms with Gasteiger partial charge in [-0.05, 0) is 50.1 Å². The molecule has 0 bridgehead atoms. The third-order valence-corrected chi connectivity index (χ3v) is 4.37. The summed E-state index contributed by atoms with van der Waals surface area (Å²) in [5, 5.41) is 2.90. The Morgan fingerprint density at radius 2 is 2.17 bits per heavy atom. The minimum absolute atomic E-state index is 0.0931. The van der Waals surface area contributed by atoms with Crippen molar-refractivity contribution in [1.29, 1.82) is 0 Å². The smallest absolute Gasteiger partial charge is 0.260 e. The molecular weight excluding hydrogens is 310 g/mol. The van der Waals surface area contributed by atoms with Gasteiger partial charge in [-0.2, -0.15) is 11.8 Å². The number of hydrogen-bond acceptors (Lipinski definition) is 4. The minimum Gasteiger partial charge on any atom is -0.481 e. The van der Waals surface area contributed by atoms with Gasteiger partial charge < -0.3 is 14.5 Å². The minimum atomic E-state index is -0.509. The second kappa shape index (κ2) is 8.67. The van der Waals surface area contributed by atoms with Gasteiger partial charge in [-0.1, -0.05) is 12.1 Å². The molecule has 1 atom stereocenters. The van der Waals surface area contributed by atoms with Crippen LogP contribution in [0.5, 0.6) is 5.75 Å². The van der Waals surface area contributed by atoms with Crippen molar-refractivity contribution in [2.24, 2.45) is 0 Å². The number of hydrogen-bond donors (Lipinski definition) is 1. The topological polar surface area (TPSA) is 51.5 Å². The van der Waals surface area contributed by atoms with Crippen LogP contribution in [0, 0.1) is 13.8 Å². The number of rotatable bonds is 8. The zero-order valence-corrected chi connectivity index (χ0v) is 14.6. The van der Waals surface area contributed by atoms with E-state index in [2.05, 4.69) is 5.32 Å². The van der Waals surface area contributed by atoms with E-state index in [0.717, 1.165) is 34.1 Å². The number of benzene rings is 1. The van der Waals surface area contributed by atoms with Gasteiger partial charge in [0.1, 0.15) is 11.5 Å². The van der Waals surface area contributed by atoms with Crippen molar-refractivity contribution < 1.29 is 13.9 Å². The Morgan fingerprint density at radius 3 is 2.91 bits per heavy atom. The molecule has 1 aromatic heterocycles. The van der Waals surface area contributed by atoms with E-state index >= 15 is 0 Å². The SMILES string of the molecule is Cc1ccc(C)c(OC(C)C(=O)NCCSCc2ccco2)c1. The fourth-order valence-corrected chi connectivity index (χ4v) is 2.79. The molecule has 0 aliphatic carbocycles. The molecule has 2 rings (SSSR count). The molecule has 0 saturated heterocycles. The van der Waals surface area contributed by atoms with E-state index in [1.165, 1.54) is 0 Å². The number of thioether (sulfide) groups is 1. The molecule has 1 N–H and O–H groups in total. The zero-order valence-electron chi connectivity index (χ0n) is 13.8. The summed E-state index contributed by atoms with van der Waals surface area (Å²) in [6.07, 6.45) is 1.16. The average molecular weight is 333 g/mol. The largest absolute Gasteiger partial charge is 0.481 e. The summed E-state index contributed by atoms with van der Waals surface area (Å²) in [7, 11) is 0. The molecule has 0 aliphatic rings. The first-order chi connectivity index (χ1) is 11.1. The number of carbonyl (C=O) groups is 1. The highest BCUT2D eigenvalue weighted by Crippen LogP contribution is 2.20. The molecule has 0 radical (unpaired) electrons. The highest BCUT2D eigenvalue weighted by atomic mass is 32.2. The second-order valence-electron chi connectivity index (χ2n) is 5.45. The maximum Gasteiger partial charge on any atom is 0.260 e. The van der Waals surface area contributed by atoms with Crippen molar-refractivity contribution >= 4 is 17.7 Å². The van der Waals surface area contributed by atoms with Crippen LogP contribution in [0.3, 0.4) is 0 Å². The lowest BCUT2D eigenvalue weighted by Gasteiger charge is -2.16. The lowest BCUT2D eigenvalue weighted by Crippen LogP contribution is -2.37. The van der Waals surface area contributed by atoms with E-state index in [1.54, 1.807) is 24.9 Å². The van der Waals surface area contributed by atoms with Crippen LogP contribution in [0.4, 0.5) is 0 Å². The summed E-state index contributed by atoms with van der Waals surface area (Å²) in [5.41, 5.74) is 2.15. The van der Waals surface area contributed by atoms with E-state index in [0.29, 0.717) is 6.54 Å². The van der Waals surface area contributed by atoms with Crippen molar-refractivity contribution in [3.8, 4) is 5.75 Å². The molecule has 0 saturated carbocycles. The zero-order chi connectivity index (χ0) is 16.7. The molecule has 0 spiro atoms. The summed E-state index contributed by atoms with van der Waals surface area (Å²) in [4.78, 5) is 12.1. The molecule has 2 aromatic rings. The van der Waals surface area contributed by atoms with E-state index in [-0.39, 0.29) is 5.91 Å². The molecule has 124 valence electrons. The number of carbonyl (C=O) groups excluding carboxylic acids is 1. The lowest BCUT2D eigenvalue weighted by molar-refractivity contribution is -0.127. The predicted molar refractivity (Wildman–Crippen MR) is 93.9 cm³/mol. The van der Waals surface area contributed by atoms with Crippen molar-refractivity contribution in [2.75, 3.05) is 12.3 Å². The molecule has 1 unspecified atom stereocenters. The van der Waals surface area contributed by atoms with E-state index in [1.807, 2.05) is 44.2 Å². The number of ether oxygens (including phenoxy) is 1. The van der Waals surface area contributed by atoms with Gasteiger partial charge in [0, 0.05) is 12.3 Å². The summed E-state index contributed by atoms with van der Waals surface area (Å²) in [5.74, 6) is 3.28. The van der Waals surface area contributed by atoms with E-state index in [9.17, 15) is 4.79 Å². The Bertz CT molecular complexity index is 625. The van der Waals surface area contributed by atoms with Crippen LogP contribution in [0.25, 0.3) is 0 Å². The predicted octanol–water partition coefficient (Wildman–Crippen LogP) is 3.71. The Morgan fingerprint density at radius 1 is 1.35 bits per heavy atom. The van der Waals surface area contributed by atoms with Crippen LogP contribution in [0.1, 0.15) is 23.8 Å². The summed E-state index contributed by atoms with van der Waals surface area (Å²) in [6.45, 7) is 6.37. The first kappa shape index (κ1) is 17.5. The molecule has 4 nitrogen and oxygen atoms in total. The number of nitrogens with one attached hydrogen (secondary N) is 1. The Balaban J connectivity index is 1.69. The number of aryl methyl sites for hydroxylation is 2. The number of furan rings is 1. The fourth-order valence-electron chi connectivity index (χ4n) is 2.04. The van der Waals surface area contributed by atoms with Gasteiger partial charge in [-0.15, -0.1) is 0 Å². The van der Waals surface area contributed by atoms with Gasteiger partial charge in [0.2, 0.25) is 0 Å². The molecule has 0 fully saturated rings. The molecule has 23 heavy (non-hydrogen) atoms. The van der Waals surface area contributed by atoms with Gasteiger partial charge in [0.15, 0.2) is 6.10 Å². The normalized spacial score (nSPS) is 12.0. The molecule has 5 heteroatoms. The van der Waals surface area contributed by atoms with E-state index in [4.69, 9.17) is 9.15 Å². The third-order valence-electron chi connectivity index (χ3n) is 3.39. The lowest BCUT2D eigenvalue weighted by atomic mass is 10.1. The van der Waals surface area contributed by atoms with Crippen LogP contribution in [0.2, 0.25) is 0 Å². The van der Waals surface area contributed by atoms with Gasteiger partial charge in [-0.3, -0.25) is 4.79 Å². The van der Waals surface area contributed by atoms with Crippen molar-refractivity contribution in [2.45, 2.75) is 32.6 Å². The first-order valence-corrected chi connectivity index (χ1v) is 8.83. The van der Waals surface area contributed by atoms with Crippen molar-refractivity contribution in [3.05, 3.63) is 53.5 Å². The summed E-state index contributed by atoms with van der Waals surface area (Å²) in [6, 6.07) is 9.82. The highest BCUT2D eigenvalue weighted by Gasteiger charge is 2.15. The average Bonchev–Trinajstić information content (AvgIpc) is 3.03. The van der Waals surface area contributed by atoms with Crippen molar-refractivity contribution in [3.63, 3.8) is 0 Å². The molecular formula is C18H23NO3S. The van der Waals surface area contributed by atoms with Crippen LogP contribution in [-0.2, 0) is 10.5 Å². The highest BCUT2D eigenvalue weighted by molar-refractivity contribution is 7.98. The van der Waals surface area contributed by atoms with Gasteiger partial charge >= 0.3 is 0 Å². The van der Waals surface area contributed by atoms with Gasteiger partial charge in [-0.25, -0.2) is 0 Å². The van der Waals surface area contributed by atoms with Crippen LogP contribution in [-0.4, -0.2) is 24.3 Å². The first-order valence-electron chi connectivity index (χ1n) is 7.68. The summed E-state index contributed by atoms with van der Waals surface area (Å²) < 4.78 is 11.0. The van der Waals surface area contributed by atoms with Crippen LogP contribution < -0.4 is 10.1 Å². The standard InChI is InChI=1S/C18H23NO3S/c1-13-6-7-14(2)17(11-13)22-15(3)18(20)19-8-10-23-12-16-5-4-9-21-16/h4-7,9,11,15H,8,10,12H2,1-3H3,(H,19,20).